The average Bonchev–Trinajstić information content (AvgIpc) is 4.30. The molecule has 3 fully saturated rings. The second kappa shape index (κ2) is 26.4. The lowest BCUT2D eigenvalue weighted by Gasteiger charge is -2.25. The molecular weight excluding hydrogens is 1020 g/mol. The highest BCUT2D eigenvalue weighted by Gasteiger charge is 2.42. The summed E-state index contributed by atoms with van der Waals surface area (Å²) in [5.74, 6) is 3.76. The minimum Gasteiger partial charge on any atom is -0.478 e. The fourth-order valence-electron chi connectivity index (χ4n) is 11.4. The van der Waals surface area contributed by atoms with Crippen LogP contribution in [-0.2, 0) is 24.4 Å². The van der Waals surface area contributed by atoms with Crippen LogP contribution in [0.15, 0.2) is 74.3 Å². The number of nitrogens with zero attached hydrogens (tertiary/aromatic N) is 6. The first-order valence-electron chi connectivity index (χ1n) is 27.9. The fraction of sp³-hybridized carbons (Fsp3) is 0.483. The van der Waals surface area contributed by atoms with Crippen LogP contribution in [0.5, 0.6) is 0 Å². The van der Waals surface area contributed by atoms with Gasteiger partial charge in [0.25, 0.3) is 5.91 Å². The second-order valence-corrected chi connectivity index (χ2v) is 22.7. The van der Waals surface area contributed by atoms with Gasteiger partial charge in [0, 0.05) is 136 Å². The van der Waals surface area contributed by atoms with Gasteiger partial charge < -0.3 is 39.6 Å². The molecule has 9 heterocycles. The van der Waals surface area contributed by atoms with E-state index in [1.807, 2.05) is 69.2 Å². The van der Waals surface area contributed by atoms with Crippen LogP contribution in [0.1, 0.15) is 123 Å². The number of hydrogen-bond acceptors (Lipinski definition) is 14. The Hall–Kier alpha value is -6.80. The highest BCUT2D eigenvalue weighted by molar-refractivity contribution is 8.00. The number of pyridine rings is 3. The number of urea groups is 1. The van der Waals surface area contributed by atoms with Gasteiger partial charge in [-0.2, -0.15) is 11.8 Å². The van der Waals surface area contributed by atoms with Crippen LogP contribution in [0.25, 0.3) is 34.0 Å². The molecule has 3 aliphatic rings. The molecule has 420 valence electrons. The van der Waals surface area contributed by atoms with Gasteiger partial charge in [-0.05, 0) is 115 Å². The van der Waals surface area contributed by atoms with E-state index < -0.39 is 5.97 Å². The van der Waals surface area contributed by atoms with Gasteiger partial charge in [-0.25, -0.2) is 9.59 Å². The lowest BCUT2D eigenvalue weighted by atomic mass is 10.0. The van der Waals surface area contributed by atoms with Crippen LogP contribution in [0.2, 0.25) is 0 Å². The lowest BCUT2D eigenvalue weighted by molar-refractivity contribution is -0.121. The Labute approximate surface area is 467 Å². The number of rotatable bonds is 23. The van der Waals surface area contributed by atoms with Crippen molar-refractivity contribution < 1.29 is 37.5 Å². The molecule has 9 rings (SSSR count). The number of aromatic nitrogens is 3. The molecule has 6 aromatic heterocycles. The Morgan fingerprint density at radius 1 is 0.633 bits per heavy atom. The largest absolute Gasteiger partial charge is 0.478 e. The van der Waals surface area contributed by atoms with Crippen LogP contribution in [0.3, 0.4) is 0 Å². The van der Waals surface area contributed by atoms with E-state index in [2.05, 4.69) is 61.1 Å². The van der Waals surface area contributed by atoms with E-state index in [-0.39, 0.29) is 35.5 Å². The monoisotopic (exact) mass is 1100 g/mol. The number of aryl methyl sites for hydroxylation is 4. The van der Waals surface area contributed by atoms with Gasteiger partial charge in [0.2, 0.25) is 5.91 Å². The van der Waals surface area contributed by atoms with Crippen molar-refractivity contribution in [3.8, 4) is 34.0 Å². The van der Waals surface area contributed by atoms with E-state index in [0.29, 0.717) is 78.6 Å². The number of carbonyl (C=O) groups excluding carboxylic acids is 3. The van der Waals surface area contributed by atoms with Gasteiger partial charge in [0.05, 0.1) is 34.7 Å². The molecular formula is C60H76N10O8S. The summed E-state index contributed by atoms with van der Waals surface area (Å²) in [5.41, 5.74) is 8.58. The molecule has 0 aliphatic carbocycles. The Bertz CT molecular complexity index is 3110. The molecule has 19 heteroatoms. The molecule has 0 spiro atoms. The summed E-state index contributed by atoms with van der Waals surface area (Å²) in [7, 11) is 0. The van der Waals surface area contributed by atoms with Crippen LogP contribution in [0.4, 0.5) is 4.79 Å². The van der Waals surface area contributed by atoms with Crippen molar-refractivity contribution in [1.29, 1.82) is 0 Å². The second-order valence-electron chi connectivity index (χ2n) is 21.5. The van der Waals surface area contributed by atoms with E-state index in [4.69, 9.17) is 28.2 Å². The zero-order chi connectivity index (χ0) is 55.6. The van der Waals surface area contributed by atoms with Crippen molar-refractivity contribution in [3.63, 3.8) is 0 Å². The molecule has 4 amide bonds. The minimum atomic E-state index is -1.01. The predicted octanol–water partition coefficient (Wildman–Crippen LogP) is 9.15. The minimum absolute atomic E-state index is 0.0654. The van der Waals surface area contributed by atoms with Crippen molar-refractivity contribution in [2.45, 2.75) is 130 Å². The molecule has 3 aliphatic heterocycles. The molecule has 0 radical (unpaired) electrons. The molecule has 0 aromatic carbocycles. The SMILES string of the molecule is Cc1cc(C)c(-c2ccnc(CN3CCN(Cc4cc(-c5oc(C)c(C(=O)O)c5C)ccn4)CCN(Cc4cc(-c5oc(C)c(C(=O)NCCCCCCNC(=O)CCCCC6SCC7NC(=O)NC76)c5C)ccn4)CC3)c2)o1. The number of carboxylic acids is 1. The van der Waals surface area contributed by atoms with Gasteiger partial charge in [0.1, 0.15) is 40.1 Å². The smallest absolute Gasteiger partial charge is 0.339 e. The van der Waals surface area contributed by atoms with Crippen molar-refractivity contribution in [2.24, 2.45) is 0 Å². The van der Waals surface area contributed by atoms with E-state index in [1.54, 1.807) is 20.0 Å². The average molecular weight is 1100 g/mol. The lowest BCUT2D eigenvalue weighted by Crippen LogP contribution is -2.36. The van der Waals surface area contributed by atoms with Crippen LogP contribution in [-0.4, -0.2) is 134 Å². The molecule has 3 atom stereocenters. The first-order valence-corrected chi connectivity index (χ1v) is 29.0. The van der Waals surface area contributed by atoms with E-state index >= 15 is 0 Å². The first-order chi connectivity index (χ1) is 38.2. The number of amides is 4. The standard InChI is InChI=1S/C60H76N10O8S/c1-37-29-38(2)76-55(37)43-15-20-61-46(30-43)33-68-23-25-69(27-28-70(26-24-68)35-48-32-45(17-22-63-48)57-40(4)53(59(73)74)42(6)78-57)34-47-31-44(16-21-62-47)56-39(3)52(41(5)77-56)58(72)65-19-12-8-7-11-18-64-51(71)14-10-9-13-50-54-49(36-79-50)66-60(75)67-54/h15-17,20-22,29-32,49-50,54H,7-14,18-19,23-28,33-36H2,1-6H3,(H,64,71)(H,65,72)(H,73,74)(H2,66,67,75). The number of nitrogens with one attached hydrogen (secondary N) is 4. The zero-order valence-corrected chi connectivity index (χ0v) is 47.4. The number of thioether (sulfide) groups is 1. The molecule has 79 heavy (non-hydrogen) atoms. The number of fused-ring (bicyclic) bond motifs is 1. The first kappa shape index (κ1) is 56.9. The highest BCUT2D eigenvalue weighted by Crippen LogP contribution is 2.35. The maximum Gasteiger partial charge on any atom is 0.339 e. The molecule has 5 N–H and O–H groups in total. The molecule has 18 nitrogen and oxygen atoms in total. The van der Waals surface area contributed by atoms with Crippen LogP contribution < -0.4 is 21.3 Å². The normalized spacial score (nSPS) is 18.2. The quantitative estimate of drug-likeness (QED) is 0.0298. The van der Waals surface area contributed by atoms with Crippen molar-refractivity contribution in [2.75, 3.05) is 58.1 Å². The summed E-state index contributed by atoms with van der Waals surface area (Å²) in [4.78, 5) is 71.4. The Morgan fingerprint density at radius 3 is 1.65 bits per heavy atom. The zero-order valence-electron chi connectivity index (χ0n) is 46.5. The van der Waals surface area contributed by atoms with E-state index in [9.17, 15) is 24.3 Å². The summed E-state index contributed by atoms with van der Waals surface area (Å²) >= 11 is 1.91. The number of aromatic carboxylic acids is 1. The topological polar surface area (TPSA) is 224 Å². The number of carbonyl (C=O) groups is 4. The molecule has 0 bridgehead atoms. The van der Waals surface area contributed by atoms with Gasteiger partial charge >= 0.3 is 12.0 Å². The van der Waals surface area contributed by atoms with Gasteiger partial charge in [-0.3, -0.25) is 39.2 Å². The van der Waals surface area contributed by atoms with Crippen LogP contribution in [0, 0.1) is 41.5 Å². The summed E-state index contributed by atoms with van der Waals surface area (Å²) in [6.07, 6.45) is 12.4. The van der Waals surface area contributed by atoms with Crippen LogP contribution >= 0.6 is 11.8 Å². The highest BCUT2D eigenvalue weighted by atomic mass is 32.2. The number of carboxylic acid groups (broad SMARTS) is 1. The summed E-state index contributed by atoms with van der Waals surface area (Å²) in [6.45, 7) is 19.0. The van der Waals surface area contributed by atoms with Gasteiger partial charge in [0.15, 0.2) is 0 Å². The van der Waals surface area contributed by atoms with Gasteiger partial charge in [-0.15, -0.1) is 0 Å². The predicted molar refractivity (Wildman–Crippen MR) is 305 cm³/mol. The van der Waals surface area contributed by atoms with E-state index in [1.165, 1.54) is 0 Å². The third-order valence-electron chi connectivity index (χ3n) is 15.5. The Morgan fingerprint density at radius 2 is 1.14 bits per heavy atom. The fourth-order valence-corrected chi connectivity index (χ4v) is 12.9. The third-order valence-corrected chi connectivity index (χ3v) is 17.0. The molecule has 6 aromatic rings. The Kier molecular flexibility index (Phi) is 19.0. The van der Waals surface area contributed by atoms with Crippen molar-refractivity contribution in [1.82, 2.24) is 50.9 Å². The van der Waals surface area contributed by atoms with Crippen molar-refractivity contribution in [3.05, 3.63) is 123 Å². The van der Waals surface area contributed by atoms with Gasteiger partial charge in [-0.1, -0.05) is 19.3 Å². The van der Waals surface area contributed by atoms with Crippen molar-refractivity contribution >= 4 is 35.6 Å². The van der Waals surface area contributed by atoms with E-state index in [0.717, 1.165) is 146 Å². The maximum absolute atomic E-state index is 13.6. The molecule has 3 saturated heterocycles. The third kappa shape index (κ3) is 14.5. The number of furan rings is 3. The maximum atomic E-state index is 13.6. The summed E-state index contributed by atoms with van der Waals surface area (Å²) in [6, 6.07) is 14.4. The summed E-state index contributed by atoms with van der Waals surface area (Å²) in [5, 5.41) is 22.4. The Balaban J connectivity index is 0.785. The number of unbranched alkanes of at least 4 members (excludes halogenated alkanes) is 4. The molecule has 3 unspecified atom stereocenters. The summed E-state index contributed by atoms with van der Waals surface area (Å²) < 4.78 is 18.4. The molecule has 0 saturated carbocycles. The number of hydrogen-bond donors (Lipinski definition) is 5.